The number of nitrogens with two attached hydrogens (primary N) is 1. The summed E-state index contributed by atoms with van der Waals surface area (Å²) in [6, 6.07) is 15.7. The van der Waals surface area contributed by atoms with Crippen LogP contribution in [0.15, 0.2) is 59.4 Å². The van der Waals surface area contributed by atoms with E-state index in [1.54, 1.807) is 23.1 Å². The summed E-state index contributed by atoms with van der Waals surface area (Å²) < 4.78 is 6.06. The van der Waals surface area contributed by atoms with E-state index in [-0.39, 0.29) is 23.0 Å². The second kappa shape index (κ2) is 10.3. The zero-order chi connectivity index (χ0) is 24.1. The number of aromatic nitrogens is 2. The van der Waals surface area contributed by atoms with Crippen LogP contribution in [0.2, 0.25) is 0 Å². The highest BCUT2D eigenvalue weighted by molar-refractivity contribution is 6.04. The van der Waals surface area contributed by atoms with Gasteiger partial charge in [0.1, 0.15) is 6.54 Å². The normalized spacial score (nSPS) is 14.0. The van der Waals surface area contributed by atoms with Crippen LogP contribution in [-0.2, 0) is 20.9 Å². The van der Waals surface area contributed by atoms with E-state index >= 15 is 0 Å². The van der Waals surface area contributed by atoms with E-state index in [1.165, 1.54) is 6.07 Å². The Morgan fingerprint density at radius 3 is 2.29 bits per heavy atom. The third-order valence-electron chi connectivity index (χ3n) is 5.98. The highest BCUT2D eigenvalue weighted by Gasteiger charge is 2.27. The zero-order valence-corrected chi connectivity index (χ0v) is 18.7. The number of esters is 1. The molecule has 1 aromatic heterocycles. The van der Waals surface area contributed by atoms with Crippen molar-refractivity contribution in [3.63, 3.8) is 0 Å². The number of nitrogens with zero attached hydrogens (tertiary/aromatic N) is 3. The number of ether oxygens (including phenoxy) is 1. The van der Waals surface area contributed by atoms with Crippen LogP contribution in [0.3, 0.4) is 0 Å². The number of anilines is 1. The maximum Gasteiger partial charge on any atom is 0.328 e. The Labute approximate surface area is 196 Å². The smallest absolute Gasteiger partial charge is 0.328 e. The molecule has 2 N–H and O–H groups in total. The molecule has 0 bridgehead atoms. The van der Waals surface area contributed by atoms with Crippen molar-refractivity contribution in [2.45, 2.75) is 44.7 Å². The van der Waals surface area contributed by atoms with Gasteiger partial charge in [0.25, 0.3) is 17.4 Å². The average molecular weight is 463 g/mol. The molecule has 0 unspecified atom stereocenters. The second-order valence-electron chi connectivity index (χ2n) is 8.27. The fourth-order valence-electron chi connectivity index (χ4n) is 4.39. The molecule has 9 nitrogen and oxygen atoms in total. The van der Waals surface area contributed by atoms with Gasteiger partial charge >= 0.3 is 5.97 Å². The van der Waals surface area contributed by atoms with Crippen molar-refractivity contribution in [2.75, 3.05) is 11.5 Å². The van der Waals surface area contributed by atoms with Gasteiger partial charge in [0.15, 0.2) is 12.3 Å². The molecule has 0 atom stereocenters. The highest BCUT2D eigenvalue weighted by atomic mass is 16.5. The molecule has 1 fully saturated rings. The first-order chi connectivity index (χ1) is 16.5. The molecule has 1 aliphatic carbocycles. The number of hydrogen-bond donors (Lipinski definition) is 1. The Morgan fingerprint density at radius 2 is 1.62 bits per heavy atom. The molecule has 1 aliphatic rings. The number of hydrogen-bond acceptors (Lipinski definition) is 6. The van der Waals surface area contributed by atoms with Crippen molar-refractivity contribution < 1.29 is 19.1 Å². The van der Waals surface area contributed by atoms with Gasteiger partial charge in [0.2, 0.25) is 0 Å². The van der Waals surface area contributed by atoms with Gasteiger partial charge in [-0.2, -0.15) is 5.10 Å². The van der Waals surface area contributed by atoms with E-state index in [0.29, 0.717) is 5.39 Å². The minimum Gasteiger partial charge on any atom is -0.454 e. The Morgan fingerprint density at radius 1 is 0.971 bits per heavy atom. The van der Waals surface area contributed by atoms with Crippen molar-refractivity contribution in [3.8, 4) is 0 Å². The lowest BCUT2D eigenvalue weighted by Crippen LogP contribution is -2.44. The summed E-state index contributed by atoms with van der Waals surface area (Å²) in [4.78, 5) is 51.9. The van der Waals surface area contributed by atoms with E-state index in [2.05, 4.69) is 5.10 Å². The highest BCUT2D eigenvalue weighted by Crippen LogP contribution is 2.27. The molecular weight excluding hydrogens is 436 g/mol. The Balaban J connectivity index is 1.49. The van der Waals surface area contributed by atoms with Gasteiger partial charge in [-0.15, -0.1) is 0 Å². The Bertz CT molecular complexity index is 1270. The molecule has 1 saturated carbocycles. The van der Waals surface area contributed by atoms with Gasteiger partial charge in [-0.05, 0) is 31.0 Å². The van der Waals surface area contributed by atoms with Gasteiger partial charge in [-0.3, -0.25) is 19.2 Å². The van der Waals surface area contributed by atoms with E-state index in [4.69, 9.17) is 10.5 Å². The molecule has 2 aromatic carbocycles. The average Bonchev–Trinajstić information content (AvgIpc) is 2.86. The van der Waals surface area contributed by atoms with Gasteiger partial charge in [0.05, 0.1) is 5.39 Å². The standard InChI is InChI=1S/C25H26N4O5/c26-24(32)23-19-13-7-8-14-20(19)25(33)28(27-23)15-22(31)34-16-21(30)29(17-9-3-1-4-10-17)18-11-5-2-6-12-18/h1,3-4,7-10,13-14,18H,2,5-6,11-12,15-16H2,(H2,26,32). The first kappa shape index (κ1) is 23.2. The first-order valence-corrected chi connectivity index (χ1v) is 11.3. The number of carbonyl (C=O) groups is 3. The van der Waals surface area contributed by atoms with Gasteiger partial charge < -0.3 is 15.4 Å². The van der Waals surface area contributed by atoms with Crippen molar-refractivity contribution in [1.29, 1.82) is 0 Å². The van der Waals surface area contributed by atoms with Crippen molar-refractivity contribution in [1.82, 2.24) is 9.78 Å². The van der Waals surface area contributed by atoms with Crippen LogP contribution in [0.5, 0.6) is 0 Å². The van der Waals surface area contributed by atoms with Crippen LogP contribution in [0.25, 0.3) is 10.8 Å². The third kappa shape index (κ3) is 4.98. The first-order valence-electron chi connectivity index (χ1n) is 11.3. The minimum absolute atomic E-state index is 0.0465. The molecule has 176 valence electrons. The number of fused-ring (bicyclic) bond motifs is 1. The molecule has 0 aliphatic heterocycles. The molecule has 0 saturated heterocycles. The monoisotopic (exact) mass is 462 g/mol. The number of carbonyl (C=O) groups excluding carboxylic acids is 3. The molecule has 3 aromatic rings. The fourth-order valence-corrected chi connectivity index (χ4v) is 4.39. The van der Waals surface area contributed by atoms with Crippen LogP contribution in [0.4, 0.5) is 5.69 Å². The van der Waals surface area contributed by atoms with Crippen LogP contribution < -0.4 is 16.2 Å². The summed E-state index contributed by atoms with van der Waals surface area (Å²) in [5, 5.41) is 4.48. The van der Waals surface area contributed by atoms with Crippen LogP contribution in [0.1, 0.15) is 42.6 Å². The lowest BCUT2D eigenvalue weighted by molar-refractivity contribution is -0.148. The maximum atomic E-state index is 13.1. The van der Waals surface area contributed by atoms with Crippen LogP contribution in [-0.4, -0.2) is 40.2 Å². The summed E-state index contributed by atoms with van der Waals surface area (Å²) >= 11 is 0. The molecule has 1 heterocycles. The van der Waals surface area contributed by atoms with Gasteiger partial charge in [-0.25, -0.2) is 4.68 Å². The number of rotatable bonds is 7. The summed E-state index contributed by atoms with van der Waals surface area (Å²) in [5.41, 5.74) is 5.49. The van der Waals surface area contributed by atoms with E-state index < -0.39 is 30.6 Å². The lowest BCUT2D eigenvalue weighted by atomic mass is 9.93. The predicted molar refractivity (Wildman–Crippen MR) is 126 cm³/mol. The Kier molecular flexibility index (Phi) is 7.01. The summed E-state index contributed by atoms with van der Waals surface area (Å²) in [6.07, 6.45) is 5.00. The molecule has 0 spiro atoms. The van der Waals surface area contributed by atoms with E-state index in [9.17, 15) is 19.2 Å². The minimum atomic E-state index is -0.820. The van der Waals surface area contributed by atoms with Gasteiger partial charge in [-0.1, -0.05) is 55.7 Å². The SMILES string of the molecule is NC(=O)c1nn(CC(=O)OCC(=O)N(c2ccccc2)C2CCCCC2)c(=O)c2ccccc12. The van der Waals surface area contributed by atoms with Gasteiger partial charge in [0, 0.05) is 17.1 Å². The lowest BCUT2D eigenvalue weighted by Gasteiger charge is -2.34. The predicted octanol–water partition coefficient (Wildman–Crippen LogP) is 2.40. The number of para-hydroxylation sites is 1. The summed E-state index contributed by atoms with van der Waals surface area (Å²) in [5.74, 6) is -1.96. The number of primary amides is 1. The molecule has 34 heavy (non-hydrogen) atoms. The largest absolute Gasteiger partial charge is 0.454 e. The second-order valence-corrected chi connectivity index (χ2v) is 8.27. The molecule has 4 rings (SSSR count). The maximum absolute atomic E-state index is 13.1. The quantitative estimate of drug-likeness (QED) is 0.538. The number of amides is 2. The van der Waals surface area contributed by atoms with Crippen molar-refractivity contribution in [2.24, 2.45) is 5.73 Å². The summed E-state index contributed by atoms with van der Waals surface area (Å²) in [6.45, 7) is -1.01. The molecule has 2 amide bonds. The third-order valence-corrected chi connectivity index (χ3v) is 5.98. The fraction of sp³-hybridized carbons (Fsp3) is 0.320. The Hall–Kier alpha value is -4.01. The van der Waals surface area contributed by atoms with Crippen molar-refractivity contribution >= 4 is 34.2 Å². The topological polar surface area (TPSA) is 125 Å². The van der Waals surface area contributed by atoms with E-state index in [1.807, 2.05) is 30.3 Å². The molecular formula is C25H26N4O5. The zero-order valence-electron chi connectivity index (χ0n) is 18.7. The van der Waals surface area contributed by atoms with Crippen LogP contribution in [0, 0.1) is 0 Å². The summed E-state index contributed by atoms with van der Waals surface area (Å²) in [7, 11) is 0. The van der Waals surface area contributed by atoms with E-state index in [0.717, 1.165) is 42.5 Å². The molecule has 0 radical (unpaired) electrons. The van der Waals surface area contributed by atoms with Crippen LogP contribution >= 0.6 is 0 Å². The number of benzene rings is 2. The molecule has 9 heteroatoms. The van der Waals surface area contributed by atoms with Crippen molar-refractivity contribution in [3.05, 3.63) is 70.6 Å².